The SMILES string of the molecule is COc1cccc(-n2ncc3c2COCC3)c1Cl. The van der Waals surface area contributed by atoms with Crippen molar-refractivity contribution in [2.24, 2.45) is 0 Å². The number of rotatable bonds is 2. The molecule has 18 heavy (non-hydrogen) atoms. The Morgan fingerprint density at radius 1 is 1.44 bits per heavy atom. The second-order valence-electron chi connectivity index (χ2n) is 4.12. The molecule has 4 nitrogen and oxygen atoms in total. The Hall–Kier alpha value is -1.52. The van der Waals surface area contributed by atoms with Gasteiger partial charge in [0.25, 0.3) is 0 Å². The number of ether oxygens (including phenoxy) is 2. The van der Waals surface area contributed by atoms with Crippen LogP contribution in [0.3, 0.4) is 0 Å². The van der Waals surface area contributed by atoms with Crippen molar-refractivity contribution in [2.75, 3.05) is 13.7 Å². The van der Waals surface area contributed by atoms with Gasteiger partial charge >= 0.3 is 0 Å². The largest absolute Gasteiger partial charge is 0.495 e. The molecule has 1 aliphatic rings. The molecule has 0 atom stereocenters. The lowest BCUT2D eigenvalue weighted by atomic mass is 10.1. The zero-order valence-corrected chi connectivity index (χ0v) is 10.8. The van der Waals surface area contributed by atoms with Crippen LogP contribution in [0.1, 0.15) is 11.3 Å². The standard InChI is InChI=1S/C13H13ClN2O2/c1-17-12-4-2-3-10(13(12)14)16-11-8-18-6-5-9(11)7-15-16/h2-4,7H,5-6,8H2,1H3. The lowest BCUT2D eigenvalue weighted by Gasteiger charge is -2.16. The fourth-order valence-corrected chi connectivity index (χ4v) is 2.43. The van der Waals surface area contributed by atoms with Crippen LogP contribution in [0.15, 0.2) is 24.4 Å². The summed E-state index contributed by atoms with van der Waals surface area (Å²) in [5.74, 6) is 0.648. The number of methoxy groups -OCH3 is 1. The van der Waals surface area contributed by atoms with Crippen LogP contribution in [0.25, 0.3) is 5.69 Å². The minimum Gasteiger partial charge on any atom is -0.495 e. The molecular weight excluding hydrogens is 252 g/mol. The number of hydrogen-bond donors (Lipinski definition) is 0. The van der Waals surface area contributed by atoms with E-state index < -0.39 is 0 Å². The highest BCUT2D eigenvalue weighted by atomic mass is 35.5. The van der Waals surface area contributed by atoms with E-state index >= 15 is 0 Å². The molecule has 0 N–H and O–H groups in total. The molecule has 5 heteroatoms. The average Bonchev–Trinajstić information content (AvgIpc) is 2.83. The first-order chi connectivity index (χ1) is 8.81. The highest BCUT2D eigenvalue weighted by Crippen LogP contribution is 2.32. The van der Waals surface area contributed by atoms with Gasteiger partial charge in [-0.15, -0.1) is 0 Å². The molecule has 0 unspecified atom stereocenters. The maximum atomic E-state index is 6.32. The van der Waals surface area contributed by atoms with E-state index in [9.17, 15) is 0 Å². The number of hydrogen-bond acceptors (Lipinski definition) is 3. The zero-order valence-electron chi connectivity index (χ0n) is 10.0. The molecule has 0 fully saturated rings. The number of aromatic nitrogens is 2. The monoisotopic (exact) mass is 264 g/mol. The number of benzene rings is 1. The van der Waals surface area contributed by atoms with E-state index in [1.54, 1.807) is 7.11 Å². The molecule has 0 saturated heterocycles. The van der Waals surface area contributed by atoms with Crippen LogP contribution < -0.4 is 4.74 Å². The normalized spacial score (nSPS) is 14.3. The van der Waals surface area contributed by atoms with Crippen molar-refractivity contribution in [3.8, 4) is 11.4 Å². The minimum absolute atomic E-state index is 0.566. The van der Waals surface area contributed by atoms with Gasteiger partial charge in [-0.1, -0.05) is 17.7 Å². The van der Waals surface area contributed by atoms with Crippen molar-refractivity contribution < 1.29 is 9.47 Å². The summed E-state index contributed by atoms with van der Waals surface area (Å²) >= 11 is 6.32. The first kappa shape index (κ1) is 11.6. The molecule has 1 aromatic carbocycles. The maximum absolute atomic E-state index is 6.32. The minimum atomic E-state index is 0.566. The Labute approximate surface area is 110 Å². The summed E-state index contributed by atoms with van der Waals surface area (Å²) in [6.45, 7) is 1.33. The third-order valence-corrected chi connectivity index (χ3v) is 3.48. The molecule has 0 amide bonds. The summed E-state index contributed by atoms with van der Waals surface area (Å²) in [5, 5.41) is 4.97. The van der Waals surface area contributed by atoms with Crippen LogP contribution in [0.2, 0.25) is 5.02 Å². The number of nitrogens with zero attached hydrogens (tertiary/aromatic N) is 2. The fourth-order valence-electron chi connectivity index (χ4n) is 2.15. The molecule has 1 aromatic heterocycles. The van der Waals surface area contributed by atoms with Crippen LogP contribution in [0.5, 0.6) is 5.75 Å². The van der Waals surface area contributed by atoms with Gasteiger partial charge < -0.3 is 9.47 Å². The van der Waals surface area contributed by atoms with E-state index in [0.29, 0.717) is 17.4 Å². The summed E-state index contributed by atoms with van der Waals surface area (Å²) in [4.78, 5) is 0. The Kier molecular flexibility index (Phi) is 2.97. The first-order valence-electron chi connectivity index (χ1n) is 5.77. The van der Waals surface area contributed by atoms with Gasteiger partial charge in [0.2, 0.25) is 0 Å². The molecule has 2 heterocycles. The van der Waals surface area contributed by atoms with Crippen LogP contribution in [0.4, 0.5) is 0 Å². The van der Waals surface area contributed by atoms with Gasteiger partial charge in [-0.25, -0.2) is 4.68 Å². The molecular formula is C13H13ClN2O2. The quantitative estimate of drug-likeness (QED) is 0.837. The first-order valence-corrected chi connectivity index (χ1v) is 6.15. The van der Waals surface area contributed by atoms with E-state index in [-0.39, 0.29) is 0 Å². The zero-order chi connectivity index (χ0) is 12.5. The van der Waals surface area contributed by atoms with Crippen molar-refractivity contribution in [1.82, 2.24) is 9.78 Å². The highest BCUT2D eigenvalue weighted by molar-refractivity contribution is 6.33. The molecule has 94 valence electrons. The maximum Gasteiger partial charge on any atom is 0.139 e. The third-order valence-electron chi connectivity index (χ3n) is 3.10. The molecule has 0 spiro atoms. The Morgan fingerprint density at radius 3 is 3.17 bits per heavy atom. The summed E-state index contributed by atoms with van der Waals surface area (Å²) in [7, 11) is 1.60. The molecule has 0 saturated carbocycles. The van der Waals surface area contributed by atoms with E-state index in [1.165, 1.54) is 5.56 Å². The third kappa shape index (κ3) is 1.78. The second-order valence-corrected chi connectivity index (χ2v) is 4.50. The number of fused-ring (bicyclic) bond motifs is 1. The molecule has 0 bridgehead atoms. The Morgan fingerprint density at radius 2 is 2.33 bits per heavy atom. The van der Waals surface area contributed by atoms with Crippen molar-refractivity contribution >= 4 is 11.6 Å². The lowest BCUT2D eigenvalue weighted by Crippen LogP contribution is -2.13. The van der Waals surface area contributed by atoms with Gasteiger partial charge in [0.05, 0.1) is 37.9 Å². The Balaban J connectivity index is 2.13. The predicted octanol–water partition coefficient (Wildman–Crippen LogP) is 2.61. The van der Waals surface area contributed by atoms with Crippen molar-refractivity contribution in [2.45, 2.75) is 13.0 Å². The van der Waals surface area contributed by atoms with Crippen LogP contribution in [-0.2, 0) is 17.8 Å². The van der Waals surface area contributed by atoms with Crippen LogP contribution in [0, 0.1) is 0 Å². The molecule has 0 radical (unpaired) electrons. The van der Waals surface area contributed by atoms with Crippen molar-refractivity contribution in [3.05, 3.63) is 40.7 Å². The summed E-state index contributed by atoms with van der Waals surface area (Å²) in [5.41, 5.74) is 3.11. The number of halogens is 1. The van der Waals surface area contributed by atoms with Gasteiger partial charge in [-0.2, -0.15) is 5.10 Å². The molecule has 1 aliphatic heterocycles. The molecule has 3 rings (SSSR count). The lowest BCUT2D eigenvalue weighted by molar-refractivity contribution is 0.106. The topological polar surface area (TPSA) is 36.3 Å². The van der Waals surface area contributed by atoms with Crippen LogP contribution >= 0.6 is 11.6 Å². The molecule has 2 aromatic rings. The highest BCUT2D eigenvalue weighted by Gasteiger charge is 2.18. The van der Waals surface area contributed by atoms with E-state index in [4.69, 9.17) is 21.1 Å². The predicted molar refractivity (Wildman–Crippen MR) is 68.5 cm³/mol. The van der Waals surface area contributed by atoms with Gasteiger partial charge in [0, 0.05) is 0 Å². The Bertz CT molecular complexity index is 580. The second kappa shape index (κ2) is 4.63. The smallest absolute Gasteiger partial charge is 0.139 e. The average molecular weight is 265 g/mol. The van der Waals surface area contributed by atoms with Gasteiger partial charge in [-0.05, 0) is 24.1 Å². The molecule has 0 aliphatic carbocycles. The summed E-state index contributed by atoms with van der Waals surface area (Å²) < 4.78 is 12.5. The van der Waals surface area contributed by atoms with Crippen molar-refractivity contribution in [3.63, 3.8) is 0 Å². The van der Waals surface area contributed by atoms with E-state index in [1.807, 2.05) is 29.1 Å². The van der Waals surface area contributed by atoms with E-state index in [2.05, 4.69) is 5.10 Å². The summed E-state index contributed by atoms with van der Waals surface area (Å²) in [6.07, 6.45) is 2.78. The summed E-state index contributed by atoms with van der Waals surface area (Å²) in [6, 6.07) is 5.66. The van der Waals surface area contributed by atoms with Gasteiger partial charge in [-0.3, -0.25) is 0 Å². The van der Waals surface area contributed by atoms with Gasteiger partial charge in [0.1, 0.15) is 10.8 Å². The van der Waals surface area contributed by atoms with E-state index in [0.717, 1.165) is 24.4 Å². The van der Waals surface area contributed by atoms with Gasteiger partial charge in [0.15, 0.2) is 0 Å². The van der Waals surface area contributed by atoms with Crippen molar-refractivity contribution in [1.29, 1.82) is 0 Å². The fraction of sp³-hybridized carbons (Fsp3) is 0.308. The van der Waals surface area contributed by atoms with Crippen LogP contribution in [-0.4, -0.2) is 23.5 Å².